The summed E-state index contributed by atoms with van der Waals surface area (Å²) in [5.41, 5.74) is 1.46. The Balaban J connectivity index is 2.46. The molecule has 1 N–H and O–H groups in total. The molecule has 0 fully saturated rings. The number of carboxylic acids is 1. The molecule has 0 saturated carbocycles. The van der Waals surface area contributed by atoms with E-state index < -0.39 is 5.97 Å². The van der Waals surface area contributed by atoms with E-state index in [-0.39, 0.29) is 6.54 Å². The topological polar surface area (TPSA) is 68.0 Å². The van der Waals surface area contributed by atoms with E-state index in [2.05, 4.69) is 10.1 Å². The third-order valence-corrected chi connectivity index (χ3v) is 1.85. The smallest absolute Gasteiger partial charge is 0.325 e. The lowest BCUT2D eigenvalue weighted by Gasteiger charge is -1.91. The third kappa shape index (κ3) is 1.56. The van der Waals surface area contributed by atoms with Gasteiger partial charge >= 0.3 is 5.97 Å². The molecule has 72 valence electrons. The molecule has 2 rings (SSSR count). The maximum atomic E-state index is 10.4. The van der Waals surface area contributed by atoms with Crippen LogP contribution in [0.1, 0.15) is 5.69 Å². The zero-order chi connectivity index (χ0) is 10.1. The van der Waals surface area contributed by atoms with Crippen molar-refractivity contribution in [2.45, 2.75) is 13.5 Å². The molecule has 0 spiro atoms. The molecular weight excluding hydrogens is 182 g/mol. The lowest BCUT2D eigenvalue weighted by molar-refractivity contribution is -0.137. The first-order chi connectivity index (χ1) is 6.65. The molecule has 2 aromatic heterocycles. The number of fused-ring (bicyclic) bond motifs is 1. The van der Waals surface area contributed by atoms with Crippen LogP contribution in [0, 0.1) is 6.92 Å². The minimum absolute atomic E-state index is 0.130. The second kappa shape index (κ2) is 3.10. The van der Waals surface area contributed by atoms with Crippen LogP contribution in [0.3, 0.4) is 0 Å². The van der Waals surface area contributed by atoms with Gasteiger partial charge in [-0.05, 0) is 19.1 Å². The van der Waals surface area contributed by atoms with E-state index in [4.69, 9.17) is 5.11 Å². The molecule has 2 heterocycles. The average molecular weight is 191 g/mol. The molecule has 0 atom stereocenters. The largest absolute Gasteiger partial charge is 0.480 e. The van der Waals surface area contributed by atoms with Crippen molar-refractivity contribution in [3.63, 3.8) is 0 Å². The molecule has 14 heavy (non-hydrogen) atoms. The number of hydrogen-bond acceptors (Lipinski definition) is 3. The zero-order valence-corrected chi connectivity index (χ0v) is 7.64. The highest BCUT2D eigenvalue weighted by molar-refractivity contribution is 5.75. The van der Waals surface area contributed by atoms with E-state index in [0.717, 1.165) is 11.1 Å². The van der Waals surface area contributed by atoms with Crippen molar-refractivity contribution in [1.29, 1.82) is 0 Å². The van der Waals surface area contributed by atoms with Gasteiger partial charge < -0.3 is 5.11 Å². The Morgan fingerprint density at radius 1 is 1.57 bits per heavy atom. The van der Waals surface area contributed by atoms with Crippen LogP contribution in [0.15, 0.2) is 18.3 Å². The van der Waals surface area contributed by atoms with Crippen LogP contribution in [-0.4, -0.2) is 25.8 Å². The quantitative estimate of drug-likeness (QED) is 0.763. The van der Waals surface area contributed by atoms with Crippen LogP contribution >= 0.6 is 0 Å². The zero-order valence-electron chi connectivity index (χ0n) is 7.64. The second-order valence-corrected chi connectivity index (χ2v) is 3.09. The number of hydrogen-bond donors (Lipinski definition) is 1. The van der Waals surface area contributed by atoms with Gasteiger partial charge in [0.05, 0.1) is 0 Å². The normalized spacial score (nSPS) is 10.6. The first kappa shape index (κ1) is 8.68. The molecule has 5 heteroatoms. The van der Waals surface area contributed by atoms with Crippen LogP contribution < -0.4 is 0 Å². The molecule has 0 aliphatic rings. The highest BCUT2D eigenvalue weighted by atomic mass is 16.4. The molecule has 0 aliphatic carbocycles. The minimum atomic E-state index is -0.908. The van der Waals surface area contributed by atoms with E-state index in [0.29, 0.717) is 5.65 Å². The van der Waals surface area contributed by atoms with Crippen molar-refractivity contribution in [2.75, 3.05) is 0 Å². The van der Waals surface area contributed by atoms with Crippen LogP contribution in [0.4, 0.5) is 0 Å². The lowest BCUT2D eigenvalue weighted by atomic mass is 10.3. The Labute approximate surface area is 80.0 Å². The van der Waals surface area contributed by atoms with Crippen LogP contribution in [0.2, 0.25) is 0 Å². The summed E-state index contributed by atoms with van der Waals surface area (Å²) in [5.74, 6) is -0.908. The number of aromatic nitrogens is 3. The average Bonchev–Trinajstić information content (AvgIpc) is 2.44. The SMILES string of the molecule is Cc1ccc2cn(CC(=O)O)nc2n1. The minimum Gasteiger partial charge on any atom is -0.480 e. The van der Waals surface area contributed by atoms with Gasteiger partial charge in [-0.2, -0.15) is 5.10 Å². The molecule has 0 amide bonds. The van der Waals surface area contributed by atoms with Crippen molar-refractivity contribution < 1.29 is 9.90 Å². The Hall–Kier alpha value is -1.91. The molecule has 0 aliphatic heterocycles. The summed E-state index contributed by atoms with van der Waals surface area (Å²) in [5, 5.41) is 13.5. The Bertz CT molecular complexity index is 490. The number of carboxylic acid groups (broad SMARTS) is 1. The Morgan fingerprint density at radius 3 is 3.07 bits per heavy atom. The molecule has 2 aromatic rings. The first-order valence-corrected chi connectivity index (χ1v) is 4.18. The van der Waals surface area contributed by atoms with E-state index in [1.165, 1.54) is 4.68 Å². The van der Waals surface area contributed by atoms with E-state index in [1.807, 2.05) is 19.1 Å². The Morgan fingerprint density at radius 2 is 2.36 bits per heavy atom. The maximum Gasteiger partial charge on any atom is 0.325 e. The van der Waals surface area contributed by atoms with Gasteiger partial charge in [-0.25, -0.2) is 4.98 Å². The second-order valence-electron chi connectivity index (χ2n) is 3.09. The van der Waals surface area contributed by atoms with Crippen LogP contribution in [0.25, 0.3) is 11.0 Å². The number of rotatable bonds is 2. The van der Waals surface area contributed by atoms with E-state index in [9.17, 15) is 4.79 Å². The van der Waals surface area contributed by atoms with Crippen LogP contribution in [-0.2, 0) is 11.3 Å². The summed E-state index contributed by atoms with van der Waals surface area (Å²) in [6.07, 6.45) is 1.68. The standard InChI is InChI=1S/C9H9N3O2/c1-6-2-3-7-4-12(5-8(13)14)11-9(7)10-6/h2-4H,5H2,1H3,(H,13,14). The van der Waals surface area contributed by atoms with Crippen molar-refractivity contribution in [3.05, 3.63) is 24.0 Å². The lowest BCUT2D eigenvalue weighted by Crippen LogP contribution is -2.08. The summed E-state index contributed by atoms with van der Waals surface area (Å²) < 4.78 is 1.37. The van der Waals surface area contributed by atoms with Gasteiger partial charge in [0.1, 0.15) is 6.54 Å². The van der Waals surface area contributed by atoms with Crippen molar-refractivity contribution in [1.82, 2.24) is 14.8 Å². The molecule has 0 radical (unpaired) electrons. The summed E-state index contributed by atoms with van der Waals surface area (Å²) in [6, 6.07) is 3.75. The van der Waals surface area contributed by atoms with Gasteiger partial charge in [0, 0.05) is 17.3 Å². The first-order valence-electron chi connectivity index (χ1n) is 4.18. The van der Waals surface area contributed by atoms with Crippen LogP contribution in [0.5, 0.6) is 0 Å². The molecule has 5 nitrogen and oxygen atoms in total. The number of nitrogens with zero attached hydrogens (tertiary/aromatic N) is 3. The highest BCUT2D eigenvalue weighted by Crippen LogP contribution is 2.09. The van der Waals surface area contributed by atoms with Gasteiger partial charge in [0.15, 0.2) is 5.65 Å². The van der Waals surface area contributed by atoms with Gasteiger partial charge in [-0.1, -0.05) is 0 Å². The molecule has 0 unspecified atom stereocenters. The van der Waals surface area contributed by atoms with E-state index >= 15 is 0 Å². The fourth-order valence-corrected chi connectivity index (χ4v) is 1.27. The maximum absolute atomic E-state index is 10.4. The van der Waals surface area contributed by atoms with Gasteiger partial charge in [-0.3, -0.25) is 9.48 Å². The highest BCUT2D eigenvalue weighted by Gasteiger charge is 2.04. The van der Waals surface area contributed by atoms with Crippen molar-refractivity contribution in [2.24, 2.45) is 0 Å². The van der Waals surface area contributed by atoms with Gasteiger partial charge in [-0.15, -0.1) is 0 Å². The number of aliphatic carboxylic acids is 1. The molecule has 0 aromatic carbocycles. The number of carbonyl (C=O) groups is 1. The van der Waals surface area contributed by atoms with E-state index in [1.54, 1.807) is 6.20 Å². The van der Waals surface area contributed by atoms with Gasteiger partial charge in [0.2, 0.25) is 0 Å². The number of pyridine rings is 1. The molecule has 0 bridgehead atoms. The van der Waals surface area contributed by atoms with Crippen molar-refractivity contribution >= 4 is 17.0 Å². The summed E-state index contributed by atoms with van der Waals surface area (Å²) in [6.45, 7) is 1.74. The predicted octanol–water partition coefficient (Wildman–Crippen LogP) is 0.824. The summed E-state index contributed by atoms with van der Waals surface area (Å²) in [4.78, 5) is 14.6. The molecule has 0 saturated heterocycles. The number of aryl methyl sites for hydroxylation is 1. The third-order valence-electron chi connectivity index (χ3n) is 1.85. The fourth-order valence-electron chi connectivity index (χ4n) is 1.27. The van der Waals surface area contributed by atoms with Gasteiger partial charge in [0.25, 0.3) is 0 Å². The molecular formula is C9H9N3O2. The Kier molecular flexibility index (Phi) is 1.92. The monoisotopic (exact) mass is 191 g/mol. The summed E-state index contributed by atoms with van der Waals surface area (Å²) >= 11 is 0. The predicted molar refractivity (Wildman–Crippen MR) is 49.9 cm³/mol. The van der Waals surface area contributed by atoms with Crippen molar-refractivity contribution in [3.8, 4) is 0 Å². The summed E-state index contributed by atoms with van der Waals surface area (Å²) in [7, 11) is 0. The fraction of sp³-hybridized carbons (Fsp3) is 0.222.